The van der Waals surface area contributed by atoms with E-state index < -0.39 is 0 Å². The first-order chi connectivity index (χ1) is 9.86. The molecule has 0 fully saturated rings. The summed E-state index contributed by atoms with van der Waals surface area (Å²) in [5.41, 5.74) is 9.53. The van der Waals surface area contributed by atoms with Gasteiger partial charge in [0.15, 0.2) is 0 Å². The average molecular weight is 285 g/mol. The van der Waals surface area contributed by atoms with E-state index in [1.807, 2.05) is 6.07 Å². The van der Waals surface area contributed by atoms with Crippen molar-refractivity contribution >= 4 is 0 Å². The third kappa shape index (κ3) is 4.40. The Morgan fingerprint density at radius 1 is 0.952 bits per heavy atom. The highest BCUT2D eigenvalue weighted by atomic mass is 19.1. The highest BCUT2D eigenvalue weighted by Crippen LogP contribution is 2.22. The first-order valence-electron chi connectivity index (χ1n) is 7.44. The molecule has 0 radical (unpaired) electrons. The second kappa shape index (κ2) is 6.40. The van der Waals surface area contributed by atoms with Crippen LogP contribution in [0.1, 0.15) is 37.5 Å². The van der Waals surface area contributed by atoms with E-state index in [0.29, 0.717) is 12.0 Å². The van der Waals surface area contributed by atoms with Gasteiger partial charge in [0.25, 0.3) is 0 Å². The Balaban J connectivity index is 2.00. The number of nitrogens with two attached hydrogens (primary N) is 1. The maximum Gasteiger partial charge on any atom is 0.126 e. The predicted molar refractivity (Wildman–Crippen MR) is 86.9 cm³/mol. The van der Waals surface area contributed by atoms with Crippen molar-refractivity contribution < 1.29 is 4.39 Å². The van der Waals surface area contributed by atoms with E-state index in [-0.39, 0.29) is 17.3 Å². The Morgan fingerprint density at radius 3 is 2.14 bits per heavy atom. The van der Waals surface area contributed by atoms with Gasteiger partial charge in [-0.05, 0) is 41.0 Å². The summed E-state index contributed by atoms with van der Waals surface area (Å²) in [5, 5.41) is 0. The summed E-state index contributed by atoms with van der Waals surface area (Å²) < 4.78 is 13.6. The third-order valence-electron chi connectivity index (χ3n) is 3.76. The van der Waals surface area contributed by atoms with Crippen molar-refractivity contribution in [1.29, 1.82) is 0 Å². The number of rotatable bonds is 4. The zero-order valence-corrected chi connectivity index (χ0v) is 13.1. The SMILES string of the molecule is CC(C)(C)c1ccc(CC(N)Cc2ccccc2F)cc1. The summed E-state index contributed by atoms with van der Waals surface area (Å²) in [6.45, 7) is 6.60. The van der Waals surface area contributed by atoms with Crippen LogP contribution < -0.4 is 5.73 Å². The lowest BCUT2D eigenvalue weighted by atomic mass is 9.86. The highest BCUT2D eigenvalue weighted by molar-refractivity contribution is 5.28. The second-order valence-electron chi connectivity index (χ2n) is 6.71. The molecule has 0 saturated heterocycles. The molecule has 0 bridgehead atoms. The van der Waals surface area contributed by atoms with Gasteiger partial charge in [-0.25, -0.2) is 4.39 Å². The quantitative estimate of drug-likeness (QED) is 0.893. The van der Waals surface area contributed by atoms with E-state index in [0.717, 1.165) is 6.42 Å². The molecule has 112 valence electrons. The zero-order valence-electron chi connectivity index (χ0n) is 13.1. The van der Waals surface area contributed by atoms with Gasteiger partial charge in [-0.2, -0.15) is 0 Å². The van der Waals surface area contributed by atoms with Gasteiger partial charge >= 0.3 is 0 Å². The van der Waals surface area contributed by atoms with Gasteiger partial charge in [-0.1, -0.05) is 63.2 Å². The van der Waals surface area contributed by atoms with Crippen LogP contribution in [-0.4, -0.2) is 6.04 Å². The molecule has 0 saturated carbocycles. The fourth-order valence-electron chi connectivity index (χ4n) is 2.46. The summed E-state index contributed by atoms with van der Waals surface area (Å²) >= 11 is 0. The molecule has 0 aliphatic heterocycles. The van der Waals surface area contributed by atoms with Crippen molar-refractivity contribution in [2.45, 2.75) is 45.1 Å². The van der Waals surface area contributed by atoms with Crippen LogP contribution in [0.25, 0.3) is 0 Å². The molecule has 0 amide bonds. The minimum Gasteiger partial charge on any atom is -0.327 e. The molecule has 1 nitrogen and oxygen atoms in total. The first kappa shape index (κ1) is 15.7. The molecule has 2 rings (SSSR count). The summed E-state index contributed by atoms with van der Waals surface area (Å²) in [6, 6.07) is 15.3. The van der Waals surface area contributed by atoms with E-state index in [1.165, 1.54) is 17.2 Å². The fourth-order valence-corrected chi connectivity index (χ4v) is 2.46. The summed E-state index contributed by atoms with van der Waals surface area (Å²) in [7, 11) is 0. The van der Waals surface area contributed by atoms with Gasteiger partial charge in [0, 0.05) is 6.04 Å². The molecule has 2 heteroatoms. The minimum atomic E-state index is -0.170. The van der Waals surface area contributed by atoms with E-state index in [2.05, 4.69) is 45.0 Å². The lowest BCUT2D eigenvalue weighted by molar-refractivity contribution is 0.581. The van der Waals surface area contributed by atoms with Gasteiger partial charge in [-0.3, -0.25) is 0 Å². The molecule has 0 aliphatic rings. The Bertz CT molecular complexity index is 581. The van der Waals surface area contributed by atoms with Crippen LogP contribution in [0.2, 0.25) is 0 Å². The summed E-state index contributed by atoms with van der Waals surface area (Å²) in [4.78, 5) is 0. The zero-order chi connectivity index (χ0) is 15.5. The maximum absolute atomic E-state index is 13.6. The molecule has 21 heavy (non-hydrogen) atoms. The molecular formula is C19H24FN. The van der Waals surface area contributed by atoms with Crippen molar-refractivity contribution in [3.63, 3.8) is 0 Å². The van der Waals surface area contributed by atoms with E-state index in [1.54, 1.807) is 12.1 Å². The normalized spacial score (nSPS) is 13.2. The molecule has 0 aliphatic carbocycles. The Hall–Kier alpha value is -1.67. The van der Waals surface area contributed by atoms with E-state index >= 15 is 0 Å². The first-order valence-corrected chi connectivity index (χ1v) is 7.44. The van der Waals surface area contributed by atoms with Crippen LogP contribution in [-0.2, 0) is 18.3 Å². The number of halogens is 1. The van der Waals surface area contributed by atoms with Crippen molar-refractivity contribution in [2.75, 3.05) is 0 Å². The largest absolute Gasteiger partial charge is 0.327 e. The monoisotopic (exact) mass is 285 g/mol. The van der Waals surface area contributed by atoms with Crippen LogP contribution in [0.15, 0.2) is 48.5 Å². The molecule has 2 N–H and O–H groups in total. The average Bonchev–Trinajstić information content (AvgIpc) is 2.41. The van der Waals surface area contributed by atoms with Crippen molar-refractivity contribution in [3.05, 3.63) is 71.0 Å². The van der Waals surface area contributed by atoms with Gasteiger partial charge in [0.2, 0.25) is 0 Å². The van der Waals surface area contributed by atoms with Gasteiger partial charge in [0.1, 0.15) is 5.82 Å². The molecule has 0 heterocycles. The molecule has 1 atom stereocenters. The lowest BCUT2D eigenvalue weighted by Crippen LogP contribution is -2.26. The summed E-state index contributed by atoms with van der Waals surface area (Å²) in [6.07, 6.45) is 1.33. The fraction of sp³-hybridized carbons (Fsp3) is 0.368. The molecule has 0 spiro atoms. The highest BCUT2D eigenvalue weighted by Gasteiger charge is 2.14. The number of hydrogen-bond acceptors (Lipinski definition) is 1. The van der Waals surface area contributed by atoms with Gasteiger partial charge < -0.3 is 5.73 Å². The number of hydrogen-bond donors (Lipinski definition) is 1. The lowest BCUT2D eigenvalue weighted by Gasteiger charge is -2.19. The Morgan fingerprint density at radius 2 is 1.57 bits per heavy atom. The van der Waals surface area contributed by atoms with Crippen LogP contribution in [0, 0.1) is 5.82 Å². The predicted octanol–water partition coefficient (Wildman–Crippen LogP) is 4.24. The van der Waals surface area contributed by atoms with Crippen LogP contribution in [0.5, 0.6) is 0 Å². The summed E-state index contributed by atoms with van der Waals surface area (Å²) in [5.74, 6) is -0.170. The van der Waals surface area contributed by atoms with Crippen LogP contribution >= 0.6 is 0 Å². The molecular weight excluding hydrogens is 261 g/mol. The van der Waals surface area contributed by atoms with Crippen molar-refractivity contribution in [3.8, 4) is 0 Å². The maximum atomic E-state index is 13.6. The molecule has 1 unspecified atom stereocenters. The molecule has 2 aromatic carbocycles. The minimum absolute atomic E-state index is 0.0672. The molecule has 2 aromatic rings. The van der Waals surface area contributed by atoms with E-state index in [4.69, 9.17) is 5.73 Å². The standard InChI is InChI=1S/C19H24FN/c1-19(2,3)16-10-8-14(9-11-16)12-17(21)13-15-6-4-5-7-18(15)20/h4-11,17H,12-13,21H2,1-3H3. The topological polar surface area (TPSA) is 26.0 Å². The van der Waals surface area contributed by atoms with Crippen molar-refractivity contribution in [1.82, 2.24) is 0 Å². The Labute approximate surface area is 127 Å². The van der Waals surface area contributed by atoms with Gasteiger partial charge in [0.05, 0.1) is 0 Å². The van der Waals surface area contributed by atoms with Crippen molar-refractivity contribution in [2.24, 2.45) is 5.73 Å². The number of benzene rings is 2. The van der Waals surface area contributed by atoms with Crippen LogP contribution in [0.3, 0.4) is 0 Å². The van der Waals surface area contributed by atoms with E-state index in [9.17, 15) is 4.39 Å². The third-order valence-corrected chi connectivity index (χ3v) is 3.76. The van der Waals surface area contributed by atoms with Gasteiger partial charge in [-0.15, -0.1) is 0 Å². The smallest absolute Gasteiger partial charge is 0.126 e. The molecule has 0 aromatic heterocycles. The Kier molecular flexibility index (Phi) is 4.79. The second-order valence-corrected chi connectivity index (χ2v) is 6.71. The van der Waals surface area contributed by atoms with Crippen LogP contribution in [0.4, 0.5) is 4.39 Å².